The van der Waals surface area contributed by atoms with Gasteiger partial charge >= 0.3 is 6.18 Å². The van der Waals surface area contributed by atoms with Crippen LogP contribution in [0.4, 0.5) is 13.2 Å². The van der Waals surface area contributed by atoms with Crippen LogP contribution < -0.4 is 5.32 Å². The van der Waals surface area contributed by atoms with Crippen molar-refractivity contribution in [2.24, 2.45) is 0 Å². The van der Waals surface area contributed by atoms with Gasteiger partial charge in [0.1, 0.15) is 5.54 Å². The van der Waals surface area contributed by atoms with E-state index >= 15 is 0 Å². The fourth-order valence-electron chi connectivity index (χ4n) is 1.71. The van der Waals surface area contributed by atoms with Crippen LogP contribution in [0.5, 0.6) is 0 Å². The summed E-state index contributed by atoms with van der Waals surface area (Å²) in [5.41, 5.74) is -0.795. The lowest BCUT2D eigenvalue weighted by Crippen LogP contribution is -2.44. The SMILES string of the molecule is N#Cc1ccc(CNC2(C(F)(F)F)CC2)c(Cl)c1. The molecule has 96 valence electrons. The molecule has 0 spiro atoms. The Balaban J connectivity index is 2.06. The maximum Gasteiger partial charge on any atom is 0.406 e. The van der Waals surface area contributed by atoms with Gasteiger partial charge in [-0.15, -0.1) is 0 Å². The molecule has 0 bridgehead atoms. The quantitative estimate of drug-likeness (QED) is 0.917. The largest absolute Gasteiger partial charge is 0.406 e. The van der Waals surface area contributed by atoms with Gasteiger partial charge in [0, 0.05) is 11.6 Å². The van der Waals surface area contributed by atoms with E-state index in [9.17, 15) is 13.2 Å². The Morgan fingerprint density at radius 3 is 2.50 bits per heavy atom. The summed E-state index contributed by atoms with van der Waals surface area (Å²) in [5.74, 6) is 0. The van der Waals surface area contributed by atoms with Gasteiger partial charge in [0.05, 0.1) is 11.6 Å². The number of hydrogen-bond acceptors (Lipinski definition) is 2. The second-order valence-electron chi connectivity index (χ2n) is 4.35. The van der Waals surface area contributed by atoms with Crippen LogP contribution in [0.1, 0.15) is 24.0 Å². The molecule has 0 unspecified atom stereocenters. The first kappa shape index (κ1) is 13.2. The van der Waals surface area contributed by atoms with E-state index in [0.29, 0.717) is 16.1 Å². The highest BCUT2D eigenvalue weighted by Gasteiger charge is 2.62. The zero-order chi connectivity index (χ0) is 13.4. The van der Waals surface area contributed by atoms with E-state index in [-0.39, 0.29) is 19.4 Å². The van der Waals surface area contributed by atoms with E-state index in [2.05, 4.69) is 5.32 Å². The molecule has 1 fully saturated rings. The molecule has 0 aromatic heterocycles. The van der Waals surface area contributed by atoms with E-state index < -0.39 is 11.7 Å². The minimum Gasteiger partial charge on any atom is -0.299 e. The summed E-state index contributed by atoms with van der Waals surface area (Å²) >= 11 is 5.90. The number of nitrogens with one attached hydrogen (secondary N) is 1. The van der Waals surface area contributed by atoms with Crippen molar-refractivity contribution >= 4 is 11.6 Å². The minimum atomic E-state index is -4.23. The van der Waals surface area contributed by atoms with E-state index in [1.165, 1.54) is 12.1 Å². The highest BCUT2D eigenvalue weighted by atomic mass is 35.5. The summed E-state index contributed by atoms with van der Waals surface area (Å²) in [6, 6.07) is 6.48. The van der Waals surface area contributed by atoms with Crippen LogP contribution in [0.3, 0.4) is 0 Å². The van der Waals surface area contributed by atoms with Crippen LogP contribution in [0, 0.1) is 11.3 Å². The topological polar surface area (TPSA) is 35.8 Å². The number of benzene rings is 1. The molecule has 0 atom stereocenters. The third-order valence-corrected chi connectivity index (χ3v) is 3.44. The third-order valence-electron chi connectivity index (χ3n) is 3.09. The van der Waals surface area contributed by atoms with Crippen molar-refractivity contribution in [3.8, 4) is 6.07 Å². The van der Waals surface area contributed by atoms with Gasteiger partial charge in [-0.2, -0.15) is 18.4 Å². The Bertz CT molecular complexity index is 501. The van der Waals surface area contributed by atoms with Gasteiger partial charge in [-0.25, -0.2) is 0 Å². The summed E-state index contributed by atoms with van der Waals surface area (Å²) in [5, 5.41) is 11.5. The fourth-order valence-corrected chi connectivity index (χ4v) is 1.96. The summed E-state index contributed by atoms with van der Waals surface area (Å²) < 4.78 is 38.0. The molecule has 1 aliphatic carbocycles. The normalized spacial score (nSPS) is 17.3. The molecule has 1 aliphatic rings. The van der Waals surface area contributed by atoms with Crippen LogP contribution in [0.25, 0.3) is 0 Å². The molecule has 2 nitrogen and oxygen atoms in total. The average Bonchev–Trinajstić information content (AvgIpc) is 3.07. The Hall–Kier alpha value is -1.25. The van der Waals surface area contributed by atoms with Gasteiger partial charge in [-0.3, -0.25) is 5.32 Å². The first-order valence-electron chi connectivity index (χ1n) is 5.38. The minimum absolute atomic E-state index is 0.0457. The highest BCUT2D eigenvalue weighted by Crippen LogP contribution is 2.49. The monoisotopic (exact) mass is 274 g/mol. The lowest BCUT2D eigenvalue weighted by Gasteiger charge is -2.21. The van der Waals surface area contributed by atoms with Crippen molar-refractivity contribution in [2.75, 3.05) is 0 Å². The Morgan fingerprint density at radius 1 is 1.39 bits per heavy atom. The van der Waals surface area contributed by atoms with Gasteiger partial charge < -0.3 is 0 Å². The molecule has 2 rings (SSSR count). The second kappa shape index (κ2) is 4.45. The van der Waals surface area contributed by atoms with Crippen LogP contribution in [-0.2, 0) is 6.54 Å². The number of hydrogen-bond donors (Lipinski definition) is 1. The number of nitrogens with zero attached hydrogens (tertiary/aromatic N) is 1. The number of rotatable bonds is 3. The number of nitriles is 1. The first-order valence-corrected chi connectivity index (χ1v) is 5.76. The lowest BCUT2D eigenvalue weighted by molar-refractivity contribution is -0.166. The molecule has 1 aromatic rings. The molecule has 1 N–H and O–H groups in total. The summed E-state index contributed by atoms with van der Waals surface area (Å²) in [7, 11) is 0. The third kappa shape index (κ3) is 2.45. The Morgan fingerprint density at radius 2 is 2.06 bits per heavy atom. The molecule has 0 radical (unpaired) electrons. The van der Waals surface area contributed by atoms with Gasteiger partial charge in [-0.1, -0.05) is 17.7 Å². The first-order chi connectivity index (χ1) is 8.38. The van der Waals surface area contributed by atoms with Crippen LogP contribution in [0.15, 0.2) is 18.2 Å². The van der Waals surface area contributed by atoms with Gasteiger partial charge in [0.25, 0.3) is 0 Å². The summed E-state index contributed by atoms with van der Waals surface area (Å²) in [6.45, 7) is 0.0457. The maximum atomic E-state index is 12.7. The maximum absolute atomic E-state index is 12.7. The zero-order valence-corrected chi connectivity index (χ0v) is 10.1. The molecular weight excluding hydrogens is 265 g/mol. The van der Waals surface area contributed by atoms with Crippen molar-refractivity contribution in [3.05, 3.63) is 34.3 Å². The Labute approximate surface area is 107 Å². The van der Waals surface area contributed by atoms with Gasteiger partial charge in [-0.05, 0) is 30.5 Å². The number of alkyl halides is 3. The van der Waals surface area contributed by atoms with Crippen molar-refractivity contribution in [1.82, 2.24) is 5.32 Å². The predicted molar refractivity (Wildman–Crippen MR) is 61.0 cm³/mol. The fraction of sp³-hybridized carbons (Fsp3) is 0.417. The van der Waals surface area contributed by atoms with Gasteiger partial charge in [0.2, 0.25) is 0 Å². The summed E-state index contributed by atoms with van der Waals surface area (Å²) in [4.78, 5) is 0. The lowest BCUT2D eigenvalue weighted by atomic mass is 10.1. The van der Waals surface area contributed by atoms with Crippen molar-refractivity contribution in [2.45, 2.75) is 31.1 Å². The molecule has 0 aliphatic heterocycles. The molecule has 0 saturated heterocycles. The molecule has 1 aromatic carbocycles. The zero-order valence-electron chi connectivity index (χ0n) is 9.31. The molecular formula is C12H10ClF3N2. The highest BCUT2D eigenvalue weighted by molar-refractivity contribution is 6.31. The van der Waals surface area contributed by atoms with Crippen molar-refractivity contribution in [3.63, 3.8) is 0 Å². The summed E-state index contributed by atoms with van der Waals surface area (Å²) in [6.07, 6.45) is -4.03. The van der Waals surface area contributed by atoms with E-state index in [4.69, 9.17) is 16.9 Å². The van der Waals surface area contributed by atoms with Gasteiger partial charge in [0.15, 0.2) is 0 Å². The van der Waals surface area contributed by atoms with Crippen LogP contribution >= 0.6 is 11.6 Å². The Kier molecular flexibility index (Phi) is 3.26. The van der Waals surface area contributed by atoms with E-state index in [0.717, 1.165) is 0 Å². The van der Waals surface area contributed by atoms with Crippen LogP contribution in [-0.4, -0.2) is 11.7 Å². The molecule has 1 saturated carbocycles. The average molecular weight is 275 g/mol. The predicted octanol–water partition coefficient (Wildman–Crippen LogP) is 3.40. The second-order valence-corrected chi connectivity index (χ2v) is 4.76. The van der Waals surface area contributed by atoms with E-state index in [1.807, 2.05) is 6.07 Å². The molecule has 0 heterocycles. The van der Waals surface area contributed by atoms with Crippen molar-refractivity contribution in [1.29, 1.82) is 5.26 Å². The standard InChI is InChI=1S/C12H10ClF3N2/c13-10-5-8(6-17)1-2-9(10)7-18-11(3-4-11)12(14,15)16/h1-2,5,18H,3-4,7H2. The van der Waals surface area contributed by atoms with Crippen LogP contribution in [0.2, 0.25) is 5.02 Å². The smallest absolute Gasteiger partial charge is 0.299 e. The molecule has 6 heteroatoms. The van der Waals surface area contributed by atoms with E-state index in [1.54, 1.807) is 6.07 Å². The molecule has 0 amide bonds. The molecule has 18 heavy (non-hydrogen) atoms. The van der Waals surface area contributed by atoms with Crippen molar-refractivity contribution < 1.29 is 13.2 Å². The number of halogens is 4.